The Morgan fingerprint density at radius 3 is 2.41 bits per heavy atom. The first-order valence-electron chi connectivity index (χ1n) is 9.49. The number of nitrogens with one attached hydrogen (secondary N) is 1. The molecular formula is C23H25N3O3. The van der Waals surface area contributed by atoms with Gasteiger partial charge in [-0.05, 0) is 44.4 Å². The lowest BCUT2D eigenvalue weighted by atomic mass is 10.0. The Hall–Kier alpha value is -3.41. The molecule has 0 spiro atoms. The monoisotopic (exact) mass is 391 g/mol. The van der Waals surface area contributed by atoms with Gasteiger partial charge in [-0.1, -0.05) is 48.0 Å². The highest BCUT2D eigenvalue weighted by Gasteiger charge is 2.21. The van der Waals surface area contributed by atoms with E-state index in [1.54, 1.807) is 17.8 Å². The summed E-state index contributed by atoms with van der Waals surface area (Å²) in [6, 6.07) is 13.8. The number of carbonyl (C=O) groups excluding carboxylic acids is 2. The van der Waals surface area contributed by atoms with Crippen LogP contribution in [0.1, 0.15) is 39.5 Å². The molecule has 0 aliphatic heterocycles. The summed E-state index contributed by atoms with van der Waals surface area (Å²) in [6.07, 6.45) is 2.14. The molecule has 29 heavy (non-hydrogen) atoms. The highest BCUT2D eigenvalue weighted by molar-refractivity contribution is 5.98. The molecule has 0 aliphatic rings. The molecule has 0 radical (unpaired) electrons. The molecule has 150 valence electrons. The number of aryl methyl sites for hydroxylation is 3. The van der Waals surface area contributed by atoms with Crippen molar-refractivity contribution in [1.82, 2.24) is 9.78 Å². The maximum atomic E-state index is 12.5. The molecule has 1 atom stereocenters. The quantitative estimate of drug-likeness (QED) is 0.644. The molecule has 6 heteroatoms. The predicted molar refractivity (Wildman–Crippen MR) is 112 cm³/mol. The summed E-state index contributed by atoms with van der Waals surface area (Å²) >= 11 is 0. The lowest BCUT2D eigenvalue weighted by Crippen LogP contribution is -2.30. The number of anilines is 1. The maximum absolute atomic E-state index is 12.5. The molecule has 0 fully saturated rings. The second-order valence-corrected chi connectivity index (χ2v) is 7.22. The first-order chi connectivity index (χ1) is 13.8. The minimum Gasteiger partial charge on any atom is -0.449 e. The van der Waals surface area contributed by atoms with Gasteiger partial charge in [0.15, 0.2) is 6.10 Å². The van der Waals surface area contributed by atoms with E-state index in [0.717, 1.165) is 27.9 Å². The van der Waals surface area contributed by atoms with Crippen LogP contribution >= 0.6 is 0 Å². The van der Waals surface area contributed by atoms with E-state index >= 15 is 0 Å². The first kappa shape index (κ1) is 20.3. The lowest BCUT2D eigenvalue weighted by molar-refractivity contribution is -0.123. The number of aromatic nitrogens is 2. The Morgan fingerprint density at radius 2 is 1.76 bits per heavy atom. The zero-order valence-corrected chi connectivity index (χ0v) is 17.1. The van der Waals surface area contributed by atoms with Gasteiger partial charge in [-0.15, -0.1) is 0 Å². The van der Waals surface area contributed by atoms with E-state index in [-0.39, 0.29) is 5.91 Å². The van der Waals surface area contributed by atoms with Crippen molar-refractivity contribution in [1.29, 1.82) is 0 Å². The Balaban J connectivity index is 1.61. The van der Waals surface area contributed by atoms with Crippen LogP contribution < -0.4 is 5.32 Å². The third kappa shape index (κ3) is 5.10. The summed E-state index contributed by atoms with van der Waals surface area (Å²) in [5.74, 6) is -0.950. The number of carbonyl (C=O) groups is 2. The van der Waals surface area contributed by atoms with Crippen LogP contribution in [0.25, 0.3) is 0 Å². The van der Waals surface area contributed by atoms with Gasteiger partial charge in [-0.25, -0.2) is 4.79 Å². The van der Waals surface area contributed by atoms with Gasteiger partial charge in [0.2, 0.25) is 0 Å². The van der Waals surface area contributed by atoms with Crippen LogP contribution in [0.5, 0.6) is 0 Å². The van der Waals surface area contributed by atoms with E-state index in [2.05, 4.69) is 10.4 Å². The largest absolute Gasteiger partial charge is 0.449 e. The topological polar surface area (TPSA) is 73.2 Å². The molecule has 0 aliphatic carbocycles. The number of hydrogen-bond donors (Lipinski definition) is 1. The standard InChI is InChI=1S/C23H25N3O3/c1-15-10-16(2)21(17(3)11-15)25-22(27)18(4)29-23(28)20-12-24-26(14-20)13-19-8-6-5-7-9-19/h5-12,14,18H,13H2,1-4H3,(H,25,27). The van der Waals surface area contributed by atoms with E-state index in [0.29, 0.717) is 12.1 Å². The average molecular weight is 391 g/mol. The minimum atomic E-state index is -0.930. The van der Waals surface area contributed by atoms with Crippen LogP contribution in [0.4, 0.5) is 5.69 Å². The van der Waals surface area contributed by atoms with Gasteiger partial charge in [-0.3, -0.25) is 9.48 Å². The third-order valence-corrected chi connectivity index (χ3v) is 4.63. The van der Waals surface area contributed by atoms with Crippen molar-refractivity contribution in [2.75, 3.05) is 5.32 Å². The Kier molecular flexibility index (Phi) is 6.12. The van der Waals surface area contributed by atoms with Crippen LogP contribution in [0.3, 0.4) is 0 Å². The molecule has 0 saturated carbocycles. The molecule has 3 aromatic rings. The van der Waals surface area contributed by atoms with E-state index in [4.69, 9.17) is 4.74 Å². The zero-order valence-electron chi connectivity index (χ0n) is 17.1. The molecule has 1 heterocycles. The molecule has 1 N–H and O–H groups in total. The highest BCUT2D eigenvalue weighted by Crippen LogP contribution is 2.22. The van der Waals surface area contributed by atoms with Gasteiger partial charge in [-0.2, -0.15) is 5.10 Å². The number of esters is 1. The number of ether oxygens (including phenoxy) is 1. The van der Waals surface area contributed by atoms with Crippen molar-refractivity contribution in [2.24, 2.45) is 0 Å². The molecule has 1 aromatic heterocycles. The van der Waals surface area contributed by atoms with E-state index in [1.165, 1.54) is 6.20 Å². The van der Waals surface area contributed by atoms with Gasteiger partial charge in [0.1, 0.15) is 0 Å². The summed E-state index contributed by atoms with van der Waals surface area (Å²) in [6.45, 7) is 7.99. The SMILES string of the molecule is Cc1cc(C)c(NC(=O)C(C)OC(=O)c2cnn(Cc3ccccc3)c2)c(C)c1. The van der Waals surface area contributed by atoms with Crippen LogP contribution in [-0.2, 0) is 16.1 Å². The summed E-state index contributed by atoms with van der Waals surface area (Å²) in [5, 5.41) is 7.06. The summed E-state index contributed by atoms with van der Waals surface area (Å²) in [4.78, 5) is 24.9. The van der Waals surface area contributed by atoms with Gasteiger partial charge in [0.25, 0.3) is 5.91 Å². The lowest BCUT2D eigenvalue weighted by Gasteiger charge is -2.16. The Bertz CT molecular complexity index is 1000. The Morgan fingerprint density at radius 1 is 1.10 bits per heavy atom. The molecule has 0 saturated heterocycles. The van der Waals surface area contributed by atoms with E-state index in [1.807, 2.05) is 63.2 Å². The summed E-state index contributed by atoms with van der Waals surface area (Å²) < 4.78 is 7.00. The second-order valence-electron chi connectivity index (χ2n) is 7.22. The predicted octanol–water partition coefficient (Wildman–Crippen LogP) is 4.04. The summed E-state index contributed by atoms with van der Waals surface area (Å²) in [5.41, 5.74) is 5.20. The third-order valence-electron chi connectivity index (χ3n) is 4.63. The number of amides is 1. The van der Waals surface area contributed by atoms with E-state index in [9.17, 15) is 9.59 Å². The summed E-state index contributed by atoms with van der Waals surface area (Å²) in [7, 11) is 0. The van der Waals surface area contributed by atoms with Crippen molar-refractivity contribution < 1.29 is 14.3 Å². The van der Waals surface area contributed by atoms with Gasteiger partial charge < -0.3 is 10.1 Å². The fourth-order valence-electron chi connectivity index (χ4n) is 3.21. The molecular weight excluding hydrogens is 366 g/mol. The van der Waals surface area contributed by atoms with E-state index < -0.39 is 12.1 Å². The molecule has 2 aromatic carbocycles. The normalized spacial score (nSPS) is 11.7. The van der Waals surface area contributed by atoms with Crippen LogP contribution in [0, 0.1) is 20.8 Å². The van der Waals surface area contributed by atoms with Crippen molar-refractivity contribution in [3.05, 3.63) is 82.7 Å². The van der Waals surface area contributed by atoms with Crippen LogP contribution in [-0.4, -0.2) is 27.8 Å². The number of hydrogen-bond acceptors (Lipinski definition) is 4. The molecule has 1 unspecified atom stereocenters. The van der Waals surface area contributed by atoms with Crippen molar-refractivity contribution in [3.63, 3.8) is 0 Å². The highest BCUT2D eigenvalue weighted by atomic mass is 16.5. The number of rotatable bonds is 6. The van der Waals surface area contributed by atoms with Gasteiger partial charge in [0.05, 0.1) is 18.3 Å². The van der Waals surface area contributed by atoms with Crippen LogP contribution in [0.15, 0.2) is 54.9 Å². The maximum Gasteiger partial charge on any atom is 0.342 e. The first-order valence-corrected chi connectivity index (χ1v) is 9.49. The molecule has 6 nitrogen and oxygen atoms in total. The molecule has 3 rings (SSSR count). The smallest absolute Gasteiger partial charge is 0.342 e. The Labute approximate surface area is 170 Å². The number of nitrogens with zero attached hydrogens (tertiary/aromatic N) is 2. The second kappa shape index (κ2) is 8.73. The van der Waals surface area contributed by atoms with Gasteiger partial charge in [0, 0.05) is 11.9 Å². The molecule has 1 amide bonds. The van der Waals surface area contributed by atoms with Crippen molar-refractivity contribution in [2.45, 2.75) is 40.3 Å². The average Bonchev–Trinajstić information content (AvgIpc) is 3.13. The molecule has 0 bridgehead atoms. The fraction of sp³-hybridized carbons (Fsp3) is 0.261. The van der Waals surface area contributed by atoms with Crippen LogP contribution in [0.2, 0.25) is 0 Å². The minimum absolute atomic E-state index is 0.309. The zero-order chi connectivity index (χ0) is 21.0. The van der Waals surface area contributed by atoms with Gasteiger partial charge >= 0.3 is 5.97 Å². The number of benzene rings is 2. The van der Waals surface area contributed by atoms with Crippen molar-refractivity contribution in [3.8, 4) is 0 Å². The van der Waals surface area contributed by atoms with Crippen molar-refractivity contribution >= 4 is 17.6 Å². The fourth-order valence-corrected chi connectivity index (χ4v) is 3.21.